The highest BCUT2D eigenvalue weighted by Crippen LogP contribution is 2.38. The van der Waals surface area contributed by atoms with E-state index in [4.69, 9.17) is 0 Å². The van der Waals surface area contributed by atoms with Crippen molar-refractivity contribution in [2.75, 3.05) is 4.72 Å². The van der Waals surface area contributed by atoms with Crippen LogP contribution in [0.2, 0.25) is 0 Å². The number of hydrogen-bond acceptors (Lipinski definition) is 4. The van der Waals surface area contributed by atoms with Gasteiger partial charge in [0.05, 0.1) is 20.3 Å². The van der Waals surface area contributed by atoms with Crippen molar-refractivity contribution < 1.29 is 9.44 Å². The zero-order valence-electron chi connectivity index (χ0n) is 16.8. The van der Waals surface area contributed by atoms with Crippen LogP contribution in [-0.4, -0.2) is 10.1 Å². The van der Waals surface area contributed by atoms with Crippen molar-refractivity contribution in [3.8, 4) is 0 Å². The van der Waals surface area contributed by atoms with E-state index < -0.39 is 14.9 Å². The molecule has 1 unspecified atom stereocenters. The summed E-state index contributed by atoms with van der Waals surface area (Å²) >= 11 is 1.63. The van der Waals surface area contributed by atoms with Crippen molar-refractivity contribution in [2.45, 2.75) is 21.6 Å². The van der Waals surface area contributed by atoms with Crippen LogP contribution in [0.25, 0.3) is 10.8 Å². The summed E-state index contributed by atoms with van der Waals surface area (Å²) in [6.45, 7) is 2.07. The van der Waals surface area contributed by atoms with Crippen LogP contribution < -0.4 is 9.95 Å². The SMILES string of the molecule is C=S(=O)(Nc1cc(Sc2ccccc2)c(C)c2ccccc12)c1cccc([NH+]([O-])[O-])c1. The minimum absolute atomic E-state index is 0.0373. The van der Waals surface area contributed by atoms with Crippen LogP contribution in [0.3, 0.4) is 0 Å². The number of fused-ring (bicyclic) bond motifs is 1. The molecular formula is C24H21N2O3S2-. The molecule has 1 atom stereocenters. The summed E-state index contributed by atoms with van der Waals surface area (Å²) in [4.78, 5) is 2.44. The Morgan fingerprint density at radius 3 is 2.29 bits per heavy atom. The molecule has 0 bridgehead atoms. The largest absolute Gasteiger partial charge is 0.628 e. The van der Waals surface area contributed by atoms with Gasteiger partial charge in [-0.15, -0.1) is 0 Å². The third kappa shape index (κ3) is 4.61. The molecule has 2 N–H and O–H groups in total. The first-order chi connectivity index (χ1) is 14.8. The van der Waals surface area contributed by atoms with E-state index >= 15 is 0 Å². The molecular weight excluding hydrogens is 428 g/mol. The van der Waals surface area contributed by atoms with Gasteiger partial charge in [0.25, 0.3) is 0 Å². The average Bonchev–Trinajstić information content (AvgIpc) is 2.77. The Labute approximate surface area is 186 Å². The Kier molecular flexibility index (Phi) is 6.04. The van der Waals surface area contributed by atoms with Crippen molar-refractivity contribution in [1.29, 1.82) is 0 Å². The highest BCUT2D eigenvalue weighted by Gasteiger charge is 2.15. The molecule has 0 aliphatic rings. The number of quaternary nitrogens is 1. The maximum Gasteiger partial charge on any atom is 0.132 e. The topological polar surface area (TPSA) is 79.7 Å². The summed E-state index contributed by atoms with van der Waals surface area (Å²) in [6.07, 6.45) is 0. The molecule has 0 aromatic heterocycles. The van der Waals surface area contributed by atoms with E-state index in [1.165, 1.54) is 18.2 Å². The third-order valence-electron chi connectivity index (χ3n) is 4.96. The standard InChI is InChI=1S/C24H21N2O3S2/c1-17-21-13-6-7-14-22(21)23(16-24(17)30-19-10-4-3-5-11-19)25-31(2,29)20-12-8-9-18(15-20)26(27)28/h3-16,26H,2H2,1H3,(H,25,29)/q-1. The smallest absolute Gasteiger partial charge is 0.132 e. The van der Waals surface area contributed by atoms with E-state index in [-0.39, 0.29) is 5.69 Å². The molecule has 5 nitrogen and oxygen atoms in total. The second-order valence-electron chi connectivity index (χ2n) is 7.10. The predicted octanol–water partition coefficient (Wildman–Crippen LogP) is 4.91. The predicted molar refractivity (Wildman–Crippen MR) is 130 cm³/mol. The molecule has 0 heterocycles. The normalized spacial score (nSPS) is 13.3. The Morgan fingerprint density at radius 1 is 0.903 bits per heavy atom. The van der Waals surface area contributed by atoms with Crippen molar-refractivity contribution in [3.05, 3.63) is 101 Å². The fourth-order valence-corrected chi connectivity index (χ4v) is 5.61. The Hall–Kier alpha value is -2.81. The van der Waals surface area contributed by atoms with E-state index in [1.807, 2.05) is 60.7 Å². The second kappa shape index (κ2) is 8.74. The van der Waals surface area contributed by atoms with Crippen LogP contribution in [0.1, 0.15) is 5.56 Å². The molecule has 0 fully saturated rings. The number of nitrogens with one attached hydrogen (secondary N) is 2. The van der Waals surface area contributed by atoms with Crippen LogP contribution in [0.4, 0.5) is 11.4 Å². The van der Waals surface area contributed by atoms with Gasteiger partial charge in [-0.1, -0.05) is 60.3 Å². The molecule has 4 aromatic carbocycles. The van der Waals surface area contributed by atoms with Gasteiger partial charge in [0.15, 0.2) is 0 Å². The van der Waals surface area contributed by atoms with Gasteiger partial charge in [-0.25, -0.2) is 4.21 Å². The quantitative estimate of drug-likeness (QED) is 0.324. The average molecular weight is 450 g/mol. The Morgan fingerprint density at radius 2 is 1.58 bits per heavy atom. The number of hydrogen-bond donors (Lipinski definition) is 2. The first kappa shape index (κ1) is 21.4. The summed E-state index contributed by atoms with van der Waals surface area (Å²) in [5.74, 6) is 3.88. The summed E-state index contributed by atoms with van der Waals surface area (Å²) in [7, 11) is -3.01. The second-order valence-corrected chi connectivity index (χ2v) is 10.2. The zero-order chi connectivity index (χ0) is 22.0. The highest BCUT2D eigenvalue weighted by molar-refractivity contribution is 8.01. The molecule has 158 valence electrons. The Bertz CT molecular complexity index is 1340. The van der Waals surface area contributed by atoms with Crippen LogP contribution in [-0.2, 0) is 9.71 Å². The summed E-state index contributed by atoms with van der Waals surface area (Å²) in [5.41, 5.74) is 1.77. The maximum atomic E-state index is 13.5. The van der Waals surface area contributed by atoms with Gasteiger partial charge in [0.1, 0.15) is 5.69 Å². The molecule has 4 aromatic rings. The number of rotatable bonds is 6. The van der Waals surface area contributed by atoms with Crippen molar-refractivity contribution >= 4 is 49.5 Å². The molecule has 0 amide bonds. The lowest BCUT2D eigenvalue weighted by molar-refractivity contribution is -0.715. The molecule has 0 saturated carbocycles. The number of anilines is 1. The third-order valence-corrected chi connectivity index (χ3v) is 7.68. The fourth-order valence-electron chi connectivity index (χ4n) is 3.37. The highest BCUT2D eigenvalue weighted by atomic mass is 32.2. The van der Waals surface area contributed by atoms with Gasteiger partial charge in [-0.2, -0.15) is 0 Å². The summed E-state index contributed by atoms with van der Waals surface area (Å²) in [6, 6.07) is 25.8. The minimum Gasteiger partial charge on any atom is -0.628 e. The van der Waals surface area contributed by atoms with Gasteiger partial charge in [0.2, 0.25) is 0 Å². The van der Waals surface area contributed by atoms with Crippen molar-refractivity contribution in [1.82, 2.24) is 0 Å². The van der Waals surface area contributed by atoms with Crippen molar-refractivity contribution in [2.24, 2.45) is 0 Å². The molecule has 0 spiro atoms. The number of aryl methyl sites for hydroxylation is 1. The molecule has 0 aliphatic heterocycles. The fraction of sp³-hybridized carbons (Fsp3) is 0.0417. The van der Waals surface area contributed by atoms with Crippen LogP contribution in [0, 0.1) is 17.3 Å². The lowest BCUT2D eigenvalue weighted by atomic mass is 10.0. The van der Waals surface area contributed by atoms with Gasteiger partial charge in [-0.05, 0) is 54.1 Å². The zero-order valence-corrected chi connectivity index (χ0v) is 18.5. The maximum absolute atomic E-state index is 13.5. The van der Waals surface area contributed by atoms with Gasteiger partial charge >= 0.3 is 0 Å². The summed E-state index contributed by atoms with van der Waals surface area (Å²) < 4.78 is 16.6. The molecule has 31 heavy (non-hydrogen) atoms. The van der Waals surface area contributed by atoms with Crippen molar-refractivity contribution in [3.63, 3.8) is 0 Å². The van der Waals surface area contributed by atoms with Crippen LogP contribution >= 0.6 is 11.8 Å². The molecule has 7 heteroatoms. The molecule has 4 rings (SSSR count). The van der Waals surface area contributed by atoms with Crippen LogP contribution in [0.15, 0.2) is 99.6 Å². The lowest BCUT2D eigenvalue weighted by Gasteiger charge is -2.25. The van der Waals surface area contributed by atoms with Gasteiger partial charge in [0, 0.05) is 21.2 Å². The first-order valence-corrected chi connectivity index (χ1v) is 12.1. The van der Waals surface area contributed by atoms with Gasteiger partial charge < -0.3 is 20.4 Å². The van der Waals surface area contributed by atoms with Crippen LogP contribution in [0.5, 0.6) is 0 Å². The Balaban J connectivity index is 1.79. The van der Waals surface area contributed by atoms with Gasteiger partial charge in [-0.3, -0.25) is 0 Å². The number of benzene rings is 4. The summed E-state index contributed by atoms with van der Waals surface area (Å²) in [5, 5.41) is 23.1. The lowest BCUT2D eigenvalue weighted by Crippen LogP contribution is -2.96. The molecule has 0 aliphatic carbocycles. The van der Waals surface area contributed by atoms with E-state index in [1.54, 1.807) is 17.8 Å². The van der Waals surface area contributed by atoms with E-state index in [0.29, 0.717) is 10.6 Å². The molecule has 0 radical (unpaired) electrons. The van der Waals surface area contributed by atoms with E-state index in [0.717, 1.165) is 26.1 Å². The first-order valence-electron chi connectivity index (χ1n) is 9.57. The van der Waals surface area contributed by atoms with E-state index in [2.05, 4.69) is 17.5 Å². The van der Waals surface area contributed by atoms with E-state index in [9.17, 15) is 14.6 Å². The minimum atomic E-state index is -3.01. The monoisotopic (exact) mass is 449 g/mol. The molecule has 0 saturated heterocycles.